The van der Waals surface area contributed by atoms with Crippen LogP contribution in [0.5, 0.6) is 5.75 Å². The average Bonchev–Trinajstić information content (AvgIpc) is 3.19. The van der Waals surface area contributed by atoms with Crippen LogP contribution >= 0.6 is 0 Å². The molecule has 1 fully saturated rings. The molecule has 152 valence electrons. The maximum Gasteiger partial charge on any atom is 0.254 e. The molecule has 0 aliphatic carbocycles. The highest BCUT2D eigenvalue weighted by atomic mass is 16.5. The fourth-order valence-electron chi connectivity index (χ4n) is 3.60. The number of carbonyl (C=O) groups excluding carboxylic acids is 2. The molecule has 2 amide bonds. The van der Waals surface area contributed by atoms with E-state index < -0.39 is 6.04 Å². The van der Waals surface area contributed by atoms with E-state index in [2.05, 4.69) is 4.98 Å². The Morgan fingerprint density at radius 3 is 2.73 bits per heavy atom. The lowest BCUT2D eigenvalue weighted by molar-refractivity contribution is -0.120. The summed E-state index contributed by atoms with van der Waals surface area (Å²) in [6, 6.07) is 19.9. The van der Waals surface area contributed by atoms with Crippen LogP contribution in [0.4, 0.5) is 5.69 Å². The minimum absolute atomic E-state index is 0.0546. The maximum atomic E-state index is 13.0. The summed E-state index contributed by atoms with van der Waals surface area (Å²) in [4.78, 5) is 33.3. The Labute approximate surface area is 175 Å². The summed E-state index contributed by atoms with van der Waals surface area (Å²) in [5.74, 6) is 0.345. The third kappa shape index (κ3) is 4.17. The molecule has 2 aromatic carbocycles. The molecule has 1 aromatic heterocycles. The third-order valence-corrected chi connectivity index (χ3v) is 5.24. The largest absolute Gasteiger partial charge is 0.489 e. The van der Waals surface area contributed by atoms with Crippen LogP contribution in [0.3, 0.4) is 0 Å². The zero-order valence-electron chi connectivity index (χ0n) is 16.8. The number of pyridine rings is 1. The number of rotatable bonds is 6. The highest BCUT2D eigenvalue weighted by Gasteiger charge is 2.37. The number of aromatic nitrogens is 1. The molecule has 0 N–H and O–H groups in total. The number of amides is 2. The van der Waals surface area contributed by atoms with E-state index in [9.17, 15) is 9.59 Å². The summed E-state index contributed by atoms with van der Waals surface area (Å²) in [6.07, 6.45) is 4.06. The van der Waals surface area contributed by atoms with Crippen LogP contribution in [0.25, 0.3) is 0 Å². The summed E-state index contributed by atoms with van der Waals surface area (Å²) >= 11 is 0. The topological polar surface area (TPSA) is 62.7 Å². The van der Waals surface area contributed by atoms with Gasteiger partial charge in [0.05, 0.1) is 0 Å². The van der Waals surface area contributed by atoms with Gasteiger partial charge in [-0.25, -0.2) is 0 Å². The van der Waals surface area contributed by atoms with E-state index in [4.69, 9.17) is 4.74 Å². The second-order valence-corrected chi connectivity index (χ2v) is 7.22. The Balaban J connectivity index is 1.43. The van der Waals surface area contributed by atoms with E-state index in [1.165, 1.54) is 4.90 Å². The minimum atomic E-state index is -0.474. The summed E-state index contributed by atoms with van der Waals surface area (Å²) in [7, 11) is 1.68. The molecule has 0 saturated carbocycles. The van der Waals surface area contributed by atoms with E-state index in [0.29, 0.717) is 30.9 Å². The fraction of sp³-hybridized carbons (Fsp3) is 0.208. The summed E-state index contributed by atoms with van der Waals surface area (Å²) in [5, 5.41) is 0. The van der Waals surface area contributed by atoms with Crippen LogP contribution in [0.2, 0.25) is 0 Å². The second-order valence-electron chi connectivity index (χ2n) is 7.22. The van der Waals surface area contributed by atoms with E-state index in [1.807, 2.05) is 48.5 Å². The van der Waals surface area contributed by atoms with Crippen molar-refractivity contribution in [3.05, 3.63) is 90.3 Å². The molecule has 0 bridgehead atoms. The molecule has 4 rings (SSSR count). The monoisotopic (exact) mass is 401 g/mol. The van der Waals surface area contributed by atoms with E-state index in [0.717, 1.165) is 11.3 Å². The number of hydrogen-bond donors (Lipinski definition) is 0. The molecule has 0 spiro atoms. The summed E-state index contributed by atoms with van der Waals surface area (Å²) in [6.45, 7) is 0.966. The molecule has 0 radical (unpaired) electrons. The Hall–Kier alpha value is -3.67. The highest BCUT2D eigenvalue weighted by Crippen LogP contribution is 2.25. The van der Waals surface area contributed by atoms with Crippen LogP contribution < -0.4 is 9.64 Å². The molecule has 1 aliphatic heterocycles. The van der Waals surface area contributed by atoms with Crippen molar-refractivity contribution in [2.45, 2.75) is 19.1 Å². The Kier molecular flexibility index (Phi) is 5.75. The Morgan fingerprint density at radius 1 is 1.13 bits per heavy atom. The first kappa shape index (κ1) is 19.6. The van der Waals surface area contributed by atoms with Gasteiger partial charge in [-0.15, -0.1) is 0 Å². The van der Waals surface area contributed by atoms with Crippen molar-refractivity contribution < 1.29 is 14.3 Å². The van der Waals surface area contributed by atoms with Crippen molar-refractivity contribution in [3.8, 4) is 5.75 Å². The Bertz CT molecular complexity index is 1020. The van der Waals surface area contributed by atoms with E-state index >= 15 is 0 Å². The molecular formula is C24H23N3O3. The number of hydrogen-bond acceptors (Lipinski definition) is 4. The molecule has 1 aliphatic rings. The average molecular weight is 401 g/mol. The first-order chi connectivity index (χ1) is 14.6. The van der Waals surface area contributed by atoms with Gasteiger partial charge in [0.2, 0.25) is 5.91 Å². The van der Waals surface area contributed by atoms with Crippen LogP contribution in [0.1, 0.15) is 22.3 Å². The lowest BCUT2D eigenvalue weighted by Crippen LogP contribution is -2.43. The van der Waals surface area contributed by atoms with Crippen LogP contribution in [-0.4, -0.2) is 41.3 Å². The number of anilines is 1. The van der Waals surface area contributed by atoms with Gasteiger partial charge in [0.15, 0.2) is 0 Å². The quantitative estimate of drug-likeness (QED) is 0.634. The number of ether oxygens (including phenoxy) is 1. The van der Waals surface area contributed by atoms with Gasteiger partial charge in [-0.2, -0.15) is 0 Å². The number of nitrogens with zero attached hydrogens (tertiary/aromatic N) is 3. The predicted octanol–water partition coefficient (Wildman–Crippen LogP) is 3.54. The molecule has 1 unspecified atom stereocenters. The SMILES string of the molecule is CN(C(=O)c1cccc(OCc2cccnc2)c1)C1CCN(c2ccccc2)C1=O. The maximum absolute atomic E-state index is 13.0. The molecular weight excluding hydrogens is 378 g/mol. The van der Waals surface area contributed by atoms with Crippen molar-refractivity contribution in [1.82, 2.24) is 9.88 Å². The van der Waals surface area contributed by atoms with Crippen molar-refractivity contribution in [1.29, 1.82) is 0 Å². The second kappa shape index (κ2) is 8.78. The van der Waals surface area contributed by atoms with Gasteiger partial charge in [-0.05, 0) is 42.8 Å². The van der Waals surface area contributed by atoms with Gasteiger partial charge < -0.3 is 14.5 Å². The van der Waals surface area contributed by atoms with Gasteiger partial charge >= 0.3 is 0 Å². The number of benzene rings is 2. The molecule has 6 nitrogen and oxygen atoms in total. The summed E-state index contributed by atoms with van der Waals surface area (Å²) in [5.41, 5.74) is 2.30. The van der Waals surface area contributed by atoms with Crippen molar-refractivity contribution >= 4 is 17.5 Å². The van der Waals surface area contributed by atoms with Crippen LogP contribution in [0.15, 0.2) is 79.1 Å². The van der Waals surface area contributed by atoms with Crippen LogP contribution in [0, 0.1) is 0 Å². The van der Waals surface area contributed by atoms with Crippen molar-refractivity contribution in [3.63, 3.8) is 0 Å². The molecule has 3 aromatic rings. The zero-order chi connectivity index (χ0) is 20.9. The first-order valence-electron chi connectivity index (χ1n) is 9.89. The normalized spacial score (nSPS) is 15.8. The van der Waals surface area contributed by atoms with Gasteiger partial charge in [0, 0.05) is 42.8 Å². The number of para-hydroxylation sites is 1. The molecule has 1 atom stereocenters. The van der Waals surface area contributed by atoms with Crippen molar-refractivity contribution in [2.24, 2.45) is 0 Å². The van der Waals surface area contributed by atoms with E-state index in [1.54, 1.807) is 42.5 Å². The van der Waals surface area contributed by atoms with Gasteiger partial charge in [0.25, 0.3) is 5.91 Å². The fourth-order valence-corrected chi connectivity index (χ4v) is 3.60. The predicted molar refractivity (Wildman–Crippen MR) is 114 cm³/mol. The Morgan fingerprint density at radius 2 is 1.97 bits per heavy atom. The van der Waals surface area contributed by atoms with Gasteiger partial charge in [-0.3, -0.25) is 14.6 Å². The van der Waals surface area contributed by atoms with Crippen molar-refractivity contribution in [2.75, 3.05) is 18.5 Å². The number of carbonyl (C=O) groups is 2. The summed E-state index contributed by atoms with van der Waals surface area (Å²) < 4.78 is 5.80. The zero-order valence-corrected chi connectivity index (χ0v) is 16.8. The number of likely N-dealkylation sites (N-methyl/N-ethyl adjacent to an activating group) is 1. The molecule has 1 saturated heterocycles. The first-order valence-corrected chi connectivity index (χ1v) is 9.89. The third-order valence-electron chi connectivity index (χ3n) is 5.24. The van der Waals surface area contributed by atoms with E-state index in [-0.39, 0.29) is 11.8 Å². The highest BCUT2D eigenvalue weighted by molar-refractivity contribution is 6.03. The lowest BCUT2D eigenvalue weighted by Gasteiger charge is -2.24. The molecule has 6 heteroatoms. The van der Waals surface area contributed by atoms with Crippen LogP contribution in [-0.2, 0) is 11.4 Å². The molecule has 30 heavy (non-hydrogen) atoms. The van der Waals surface area contributed by atoms with Gasteiger partial charge in [0.1, 0.15) is 18.4 Å². The standard InChI is InChI=1S/C24H23N3O3/c1-26(22-12-14-27(24(22)29)20-9-3-2-4-10-20)23(28)19-8-5-11-21(15-19)30-17-18-7-6-13-25-16-18/h2-11,13,15-16,22H,12,14,17H2,1H3. The smallest absolute Gasteiger partial charge is 0.254 e. The lowest BCUT2D eigenvalue weighted by atomic mass is 10.1. The molecule has 2 heterocycles. The minimum Gasteiger partial charge on any atom is -0.489 e. The van der Waals surface area contributed by atoms with Gasteiger partial charge in [-0.1, -0.05) is 30.3 Å².